The van der Waals surface area contributed by atoms with Crippen molar-refractivity contribution in [1.82, 2.24) is 4.98 Å². The predicted octanol–water partition coefficient (Wildman–Crippen LogP) is -0.744. The van der Waals surface area contributed by atoms with E-state index in [0.717, 1.165) is 0 Å². The molecule has 0 aliphatic carbocycles. The standard InChI is InChI=1S/C16H16N2O6Se/c17-14(21)9-7-25-15(18-9)13-12(20)11(19)10(24-13)6-23-16(22)8-4-2-1-3-5-8/h1-5,7,10-13,19-20H,6H2,(H2,17,21)/t10-,11-,12-,13-/m1/s1. The molecule has 2 heterocycles. The van der Waals surface area contributed by atoms with Crippen molar-refractivity contribution in [3.05, 3.63) is 51.1 Å². The van der Waals surface area contributed by atoms with Crippen molar-refractivity contribution in [3.8, 4) is 0 Å². The summed E-state index contributed by atoms with van der Waals surface area (Å²) in [5.74, 6) is -1.20. The van der Waals surface area contributed by atoms with Crippen molar-refractivity contribution in [1.29, 1.82) is 0 Å². The van der Waals surface area contributed by atoms with Gasteiger partial charge in [-0.25, -0.2) is 0 Å². The molecule has 1 fully saturated rings. The molecule has 0 saturated carbocycles. The number of ether oxygens (including phenoxy) is 2. The average molecular weight is 411 g/mol. The van der Waals surface area contributed by atoms with Crippen molar-refractivity contribution in [2.75, 3.05) is 6.61 Å². The predicted molar refractivity (Wildman–Crippen MR) is 86.0 cm³/mol. The number of benzene rings is 1. The van der Waals surface area contributed by atoms with Crippen LogP contribution in [0, 0.1) is 0 Å². The second-order valence-corrected chi connectivity index (χ2v) is 7.34. The fourth-order valence-corrected chi connectivity index (χ4v) is 4.29. The SMILES string of the molecule is NC(=O)c1c[se]c([C@@H]2O[C@H](COC(=O)c3ccccc3)[C@@H](O)[C@H]2O)n1. The molecule has 1 amide bonds. The van der Waals surface area contributed by atoms with E-state index in [2.05, 4.69) is 4.98 Å². The Labute approximate surface area is 148 Å². The minimum atomic E-state index is -1.23. The number of amides is 1. The molecule has 132 valence electrons. The molecule has 1 saturated heterocycles. The van der Waals surface area contributed by atoms with Crippen LogP contribution in [-0.4, -0.2) is 66.5 Å². The van der Waals surface area contributed by atoms with E-state index in [1.165, 1.54) is 0 Å². The second-order valence-electron chi connectivity index (χ2n) is 5.48. The quantitative estimate of drug-likeness (QED) is 0.436. The van der Waals surface area contributed by atoms with Crippen LogP contribution in [0.4, 0.5) is 0 Å². The zero-order valence-corrected chi connectivity index (χ0v) is 14.7. The molecule has 25 heavy (non-hydrogen) atoms. The minimum absolute atomic E-state index is 0.124. The molecule has 3 rings (SSSR count). The van der Waals surface area contributed by atoms with Crippen LogP contribution in [0.2, 0.25) is 0 Å². The van der Waals surface area contributed by atoms with Gasteiger partial charge in [-0.1, -0.05) is 0 Å². The van der Waals surface area contributed by atoms with Gasteiger partial charge >= 0.3 is 148 Å². The van der Waals surface area contributed by atoms with Gasteiger partial charge in [0.05, 0.1) is 0 Å². The molecule has 1 aliphatic rings. The van der Waals surface area contributed by atoms with Gasteiger partial charge in [-0.2, -0.15) is 0 Å². The molecule has 2 aromatic rings. The van der Waals surface area contributed by atoms with Gasteiger partial charge in [0.1, 0.15) is 0 Å². The van der Waals surface area contributed by atoms with Crippen molar-refractivity contribution >= 4 is 26.4 Å². The summed E-state index contributed by atoms with van der Waals surface area (Å²) in [5, 5.41) is 20.3. The Morgan fingerprint density at radius 2 is 1.96 bits per heavy atom. The third-order valence-electron chi connectivity index (χ3n) is 3.77. The molecule has 0 bridgehead atoms. The fourth-order valence-electron chi connectivity index (χ4n) is 2.44. The van der Waals surface area contributed by atoms with Gasteiger partial charge in [0.25, 0.3) is 0 Å². The number of primary amides is 1. The number of hydrogen-bond acceptors (Lipinski definition) is 7. The summed E-state index contributed by atoms with van der Waals surface area (Å²) >= 11 is -0.300. The molecule has 0 unspecified atom stereocenters. The van der Waals surface area contributed by atoms with Gasteiger partial charge in [-0.3, -0.25) is 0 Å². The van der Waals surface area contributed by atoms with Crippen molar-refractivity contribution < 1.29 is 29.3 Å². The van der Waals surface area contributed by atoms with E-state index in [-0.39, 0.29) is 26.8 Å². The Hall–Kier alpha value is -2.03. The fraction of sp³-hybridized carbons (Fsp3) is 0.312. The number of carbonyl (C=O) groups is 2. The van der Waals surface area contributed by atoms with E-state index >= 15 is 0 Å². The summed E-state index contributed by atoms with van der Waals surface area (Å²) < 4.78 is 11.2. The Kier molecular flexibility index (Phi) is 5.31. The Balaban J connectivity index is 1.63. The molecule has 1 aromatic heterocycles. The van der Waals surface area contributed by atoms with Gasteiger partial charge in [-0.05, 0) is 0 Å². The van der Waals surface area contributed by atoms with E-state index < -0.39 is 36.3 Å². The van der Waals surface area contributed by atoms with Crippen molar-refractivity contribution in [2.24, 2.45) is 5.73 Å². The first-order valence-electron chi connectivity index (χ1n) is 7.46. The van der Waals surface area contributed by atoms with Crippen LogP contribution in [0.25, 0.3) is 0 Å². The summed E-state index contributed by atoms with van der Waals surface area (Å²) in [5.41, 5.74) is 5.67. The van der Waals surface area contributed by atoms with Crippen LogP contribution >= 0.6 is 0 Å². The number of aromatic nitrogens is 1. The molecule has 1 aliphatic heterocycles. The Morgan fingerprint density at radius 1 is 1.24 bits per heavy atom. The molecule has 0 spiro atoms. The number of aliphatic hydroxyl groups excluding tert-OH is 2. The van der Waals surface area contributed by atoms with E-state index in [9.17, 15) is 19.8 Å². The van der Waals surface area contributed by atoms with E-state index in [0.29, 0.717) is 10.1 Å². The van der Waals surface area contributed by atoms with E-state index in [1.54, 1.807) is 35.3 Å². The number of nitrogens with zero attached hydrogens (tertiary/aromatic N) is 1. The number of esters is 1. The number of rotatable bonds is 5. The summed E-state index contributed by atoms with van der Waals surface area (Å²) in [7, 11) is 0. The molecule has 1 aromatic carbocycles. The van der Waals surface area contributed by atoms with Crippen LogP contribution in [0.5, 0.6) is 0 Å². The maximum absolute atomic E-state index is 11.9. The zero-order valence-electron chi connectivity index (χ0n) is 12.9. The molecule has 4 atom stereocenters. The number of nitrogens with two attached hydrogens (primary N) is 1. The number of hydrogen-bond donors (Lipinski definition) is 3. The topological polar surface area (TPSA) is 132 Å². The summed E-state index contributed by atoms with van der Waals surface area (Å²) in [6.07, 6.45) is -4.20. The normalized spacial score (nSPS) is 25.7. The summed E-state index contributed by atoms with van der Waals surface area (Å²) in [6, 6.07) is 8.42. The Bertz CT molecular complexity index is 765. The van der Waals surface area contributed by atoms with Crippen molar-refractivity contribution in [2.45, 2.75) is 24.4 Å². The van der Waals surface area contributed by atoms with Gasteiger partial charge in [0.15, 0.2) is 0 Å². The van der Waals surface area contributed by atoms with E-state index in [4.69, 9.17) is 15.2 Å². The zero-order chi connectivity index (χ0) is 18.0. The first kappa shape index (κ1) is 17.8. The van der Waals surface area contributed by atoms with Gasteiger partial charge < -0.3 is 0 Å². The molecule has 8 nitrogen and oxygen atoms in total. The second kappa shape index (κ2) is 7.47. The molecule has 0 radical (unpaired) electrons. The maximum atomic E-state index is 11.9. The first-order chi connectivity index (χ1) is 12.0. The summed E-state index contributed by atoms with van der Waals surface area (Å²) in [4.78, 5) is 28.7. The monoisotopic (exact) mass is 412 g/mol. The van der Waals surface area contributed by atoms with E-state index in [1.807, 2.05) is 0 Å². The van der Waals surface area contributed by atoms with Gasteiger partial charge in [-0.15, -0.1) is 0 Å². The summed E-state index contributed by atoms with van der Waals surface area (Å²) in [6.45, 7) is -0.209. The van der Waals surface area contributed by atoms with Crippen LogP contribution in [0.15, 0.2) is 35.3 Å². The molecular weight excluding hydrogens is 395 g/mol. The van der Waals surface area contributed by atoms with Crippen LogP contribution < -0.4 is 5.73 Å². The molecular formula is C16H16N2O6Se. The number of carbonyl (C=O) groups excluding carboxylic acids is 2. The van der Waals surface area contributed by atoms with Crippen LogP contribution in [0.3, 0.4) is 0 Å². The van der Waals surface area contributed by atoms with Crippen LogP contribution in [-0.2, 0) is 9.47 Å². The Morgan fingerprint density at radius 3 is 2.60 bits per heavy atom. The molecule has 4 N–H and O–H groups in total. The third kappa shape index (κ3) is 3.81. The first-order valence-corrected chi connectivity index (χ1v) is 9.31. The van der Waals surface area contributed by atoms with Gasteiger partial charge in [0, 0.05) is 0 Å². The third-order valence-corrected chi connectivity index (χ3v) is 5.67. The molecule has 9 heteroatoms. The average Bonchev–Trinajstić information content (AvgIpc) is 3.20. The number of aliphatic hydroxyl groups is 2. The van der Waals surface area contributed by atoms with Crippen LogP contribution in [0.1, 0.15) is 31.5 Å². The van der Waals surface area contributed by atoms with Crippen molar-refractivity contribution in [3.63, 3.8) is 0 Å². The van der Waals surface area contributed by atoms with Gasteiger partial charge in [0.2, 0.25) is 0 Å².